The molecule has 4 heteroatoms. The zero-order chi connectivity index (χ0) is 12.8. The molecule has 1 aliphatic carbocycles. The Labute approximate surface area is 105 Å². The van der Waals surface area contributed by atoms with Crippen LogP contribution < -0.4 is 5.73 Å². The van der Waals surface area contributed by atoms with Gasteiger partial charge >= 0.3 is 0 Å². The number of hydrogen-bond acceptors (Lipinski definition) is 2. The highest BCUT2D eigenvalue weighted by Gasteiger charge is 2.35. The van der Waals surface area contributed by atoms with Gasteiger partial charge in [0.25, 0.3) is 0 Å². The highest BCUT2D eigenvalue weighted by Crippen LogP contribution is 2.37. The first kappa shape index (κ1) is 11.4. The van der Waals surface area contributed by atoms with E-state index in [4.69, 9.17) is 5.73 Å². The Morgan fingerprint density at radius 2 is 2.28 bits per heavy atom. The number of halogens is 1. The second-order valence-corrected chi connectivity index (χ2v) is 5.12. The first-order valence-corrected chi connectivity index (χ1v) is 6.13. The topological polar surface area (TPSA) is 43.8 Å². The molecule has 2 aromatic rings. The van der Waals surface area contributed by atoms with E-state index in [1.165, 1.54) is 6.07 Å². The third kappa shape index (κ3) is 1.82. The van der Waals surface area contributed by atoms with Gasteiger partial charge in [-0.3, -0.25) is 4.68 Å². The fraction of sp³-hybridized carbons (Fsp3) is 0.357. The monoisotopic (exact) mass is 245 g/mol. The van der Waals surface area contributed by atoms with Crippen LogP contribution in [0.3, 0.4) is 0 Å². The predicted molar refractivity (Wildman–Crippen MR) is 67.5 cm³/mol. The molecule has 1 aliphatic rings. The van der Waals surface area contributed by atoms with Gasteiger partial charge in [0.2, 0.25) is 0 Å². The van der Waals surface area contributed by atoms with Crippen molar-refractivity contribution in [3.05, 3.63) is 53.1 Å². The van der Waals surface area contributed by atoms with Crippen molar-refractivity contribution in [2.75, 3.05) is 0 Å². The van der Waals surface area contributed by atoms with Crippen molar-refractivity contribution >= 4 is 0 Å². The Hall–Kier alpha value is -1.68. The molecular weight excluding hydrogens is 229 g/mol. The molecule has 0 aliphatic heterocycles. The molecule has 2 N–H and O–H groups in total. The number of nitrogens with zero attached hydrogens (tertiary/aromatic N) is 2. The van der Waals surface area contributed by atoms with Crippen molar-refractivity contribution in [2.45, 2.75) is 24.8 Å². The van der Waals surface area contributed by atoms with E-state index in [0.717, 1.165) is 29.7 Å². The summed E-state index contributed by atoms with van der Waals surface area (Å²) >= 11 is 0. The van der Waals surface area contributed by atoms with Crippen LogP contribution in [0.2, 0.25) is 0 Å². The minimum Gasteiger partial charge on any atom is -0.321 e. The second kappa shape index (κ2) is 3.92. The maximum Gasteiger partial charge on any atom is 0.123 e. The Morgan fingerprint density at radius 1 is 1.44 bits per heavy atom. The highest BCUT2D eigenvalue weighted by atomic mass is 19.1. The quantitative estimate of drug-likeness (QED) is 0.878. The Kier molecular flexibility index (Phi) is 2.48. The molecule has 0 saturated heterocycles. The smallest absolute Gasteiger partial charge is 0.123 e. The summed E-state index contributed by atoms with van der Waals surface area (Å²) in [4.78, 5) is 0. The molecule has 1 heterocycles. The summed E-state index contributed by atoms with van der Waals surface area (Å²) in [6.45, 7) is 0. The van der Waals surface area contributed by atoms with E-state index in [1.807, 2.05) is 25.4 Å². The van der Waals surface area contributed by atoms with Crippen LogP contribution >= 0.6 is 0 Å². The molecule has 3 rings (SSSR count). The van der Waals surface area contributed by atoms with E-state index in [9.17, 15) is 4.39 Å². The van der Waals surface area contributed by atoms with Crippen molar-refractivity contribution in [2.24, 2.45) is 12.8 Å². The zero-order valence-corrected chi connectivity index (χ0v) is 10.4. The summed E-state index contributed by atoms with van der Waals surface area (Å²) in [6.07, 6.45) is 4.31. The van der Waals surface area contributed by atoms with Gasteiger partial charge in [-0.2, -0.15) is 5.10 Å². The molecule has 0 spiro atoms. The molecule has 0 fully saturated rings. The molecule has 18 heavy (non-hydrogen) atoms. The van der Waals surface area contributed by atoms with Gasteiger partial charge in [-0.05, 0) is 42.2 Å². The molecule has 3 nitrogen and oxygen atoms in total. The number of fused-ring (bicyclic) bond motifs is 1. The molecule has 1 aromatic heterocycles. The van der Waals surface area contributed by atoms with Gasteiger partial charge in [-0.15, -0.1) is 0 Å². The average Bonchev–Trinajstić information content (AvgIpc) is 2.84. The van der Waals surface area contributed by atoms with Crippen molar-refractivity contribution in [1.29, 1.82) is 0 Å². The van der Waals surface area contributed by atoms with Crippen molar-refractivity contribution < 1.29 is 4.39 Å². The van der Waals surface area contributed by atoms with Crippen LogP contribution in [0.1, 0.15) is 23.2 Å². The first-order chi connectivity index (χ1) is 8.57. The fourth-order valence-electron chi connectivity index (χ4n) is 2.81. The van der Waals surface area contributed by atoms with E-state index < -0.39 is 5.54 Å². The molecule has 1 atom stereocenters. The Balaban J connectivity index is 1.94. The minimum atomic E-state index is -0.405. The first-order valence-electron chi connectivity index (χ1n) is 6.13. The van der Waals surface area contributed by atoms with Crippen molar-refractivity contribution in [3.8, 4) is 0 Å². The van der Waals surface area contributed by atoms with Gasteiger partial charge in [0.1, 0.15) is 5.82 Å². The standard InChI is InChI=1S/C14H16FN3/c1-18-7-5-12(17-18)9-14(16)6-4-10-8-11(15)2-3-13(10)14/h2-3,5,7-8H,4,6,9,16H2,1H3. The Morgan fingerprint density at radius 3 is 3.00 bits per heavy atom. The molecule has 0 saturated carbocycles. The number of aryl methyl sites for hydroxylation is 2. The third-order valence-corrected chi connectivity index (χ3v) is 3.71. The van der Waals surface area contributed by atoms with Gasteiger partial charge in [0, 0.05) is 25.2 Å². The largest absolute Gasteiger partial charge is 0.321 e. The summed E-state index contributed by atoms with van der Waals surface area (Å²) in [7, 11) is 1.89. The van der Waals surface area contributed by atoms with Gasteiger partial charge in [0.15, 0.2) is 0 Å². The number of nitrogens with two attached hydrogens (primary N) is 1. The average molecular weight is 245 g/mol. The molecular formula is C14H16FN3. The predicted octanol–water partition coefficient (Wildman–Crippen LogP) is 1.90. The number of rotatable bonds is 2. The summed E-state index contributed by atoms with van der Waals surface area (Å²) in [5.74, 6) is -0.184. The zero-order valence-electron chi connectivity index (χ0n) is 10.4. The molecule has 1 unspecified atom stereocenters. The van der Waals surface area contributed by atoms with E-state index >= 15 is 0 Å². The van der Waals surface area contributed by atoms with Crippen LogP contribution in [0.15, 0.2) is 30.5 Å². The molecule has 94 valence electrons. The lowest BCUT2D eigenvalue weighted by Gasteiger charge is -2.24. The SMILES string of the molecule is Cn1ccc(CC2(N)CCc3cc(F)ccc32)n1. The Bertz CT molecular complexity index is 590. The molecule has 0 amide bonds. The van der Waals surface area contributed by atoms with Gasteiger partial charge < -0.3 is 5.73 Å². The van der Waals surface area contributed by atoms with E-state index in [0.29, 0.717) is 6.42 Å². The summed E-state index contributed by atoms with van der Waals surface area (Å²) in [6, 6.07) is 6.89. The summed E-state index contributed by atoms with van der Waals surface area (Å²) in [5, 5.41) is 4.37. The van der Waals surface area contributed by atoms with Gasteiger partial charge in [-0.1, -0.05) is 6.07 Å². The minimum absolute atomic E-state index is 0.184. The van der Waals surface area contributed by atoms with Crippen LogP contribution in [0, 0.1) is 5.82 Å². The lowest BCUT2D eigenvalue weighted by Crippen LogP contribution is -2.36. The maximum absolute atomic E-state index is 13.2. The second-order valence-electron chi connectivity index (χ2n) is 5.12. The summed E-state index contributed by atoms with van der Waals surface area (Å²) < 4.78 is 15.0. The normalized spacial score (nSPS) is 22.2. The van der Waals surface area contributed by atoms with Crippen LogP contribution in [-0.2, 0) is 25.4 Å². The van der Waals surface area contributed by atoms with Crippen LogP contribution in [0.5, 0.6) is 0 Å². The van der Waals surface area contributed by atoms with E-state index in [2.05, 4.69) is 5.10 Å². The molecule has 0 bridgehead atoms. The van der Waals surface area contributed by atoms with Crippen LogP contribution in [0.25, 0.3) is 0 Å². The number of benzene rings is 1. The highest BCUT2D eigenvalue weighted by molar-refractivity contribution is 5.39. The molecule has 0 radical (unpaired) electrons. The number of hydrogen-bond donors (Lipinski definition) is 1. The lowest BCUT2D eigenvalue weighted by atomic mass is 9.88. The fourth-order valence-corrected chi connectivity index (χ4v) is 2.81. The van der Waals surface area contributed by atoms with E-state index in [-0.39, 0.29) is 5.82 Å². The van der Waals surface area contributed by atoms with Gasteiger partial charge in [-0.25, -0.2) is 4.39 Å². The van der Waals surface area contributed by atoms with Crippen molar-refractivity contribution in [1.82, 2.24) is 9.78 Å². The van der Waals surface area contributed by atoms with Crippen molar-refractivity contribution in [3.63, 3.8) is 0 Å². The van der Waals surface area contributed by atoms with Gasteiger partial charge in [0.05, 0.1) is 5.69 Å². The number of aromatic nitrogens is 2. The maximum atomic E-state index is 13.2. The summed E-state index contributed by atoms with van der Waals surface area (Å²) in [5.41, 5.74) is 9.17. The van der Waals surface area contributed by atoms with Crippen LogP contribution in [0.4, 0.5) is 4.39 Å². The van der Waals surface area contributed by atoms with Crippen LogP contribution in [-0.4, -0.2) is 9.78 Å². The van der Waals surface area contributed by atoms with E-state index in [1.54, 1.807) is 10.7 Å². The molecule has 1 aromatic carbocycles. The third-order valence-electron chi connectivity index (χ3n) is 3.71. The lowest BCUT2D eigenvalue weighted by molar-refractivity contribution is 0.432.